The average Bonchev–Trinajstić information content (AvgIpc) is 2.47. The monoisotopic (exact) mass is 224 g/mol. The SMILES string of the molecule is CC(C)C12CCC3(C)CC1C(=O)OC2C3O. The van der Waals surface area contributed by atoms with Crippen LogP contribution in [0.15, 0.2) is 0 Å². The molecule has 1 heterocycles. The Labute approximate surface area is 96.2 Å². The molecular formula is C13H20O3. The van der Waals surface area contributed by atoms with E-state index in [9.17, 15) is 9.90 Å². The lowest BCUT2D eigenvalue weighted by Gasteiger charge is -2.58. The zero-order valence-electron chi connectivity index (χ0n) is 10.2. The number of carbonyl (C=O) groups excluding carboxylic acids is 1. The Kier molecular flexibility index (Phi) is 1.86. The average molecular weight is 224 g/mol. The van der Waals surface area contributed by atoms with Crippen molar-refractivity contribution in [2.45, 2.75) is 52.2 Å². The van der Waals surface area contributed by atoms with Gasteiger partial charge in [-0.15, -0.1) is 0 Å². The highest BCUT2D eigenvalue weighted by Gasteiger charge is 2.71. The molecule has 0 aromatic rings. The fraction of sp³-hybridized carbons (Fsp3) is 0.923. The highest BCUT2D eigenvalue weighted by molar-refractivity contribution is 5.77. The van der Waals surface area contributed by atoms with Gasteiger partial charge in [0.25, 0.3) is 0 Å². The van der Waals surface area contributed by atoms with E-state index in [4.69, 9.17) is 4.74 Å². The fourth-order valence-electron chi connectivity index (χ4n) is 4.41. The topological polar surface area (TPSA) is 46.5 Å². The predicted octanol–water partition coefficient (Wildman–Crippen LogP) is 1.74. The van der Waals surface area contributed by atoms with Crippen LogP contribution in [0.4, 0.5) is 0 Å². The Morgan fingerprint density at radius 3 is 2.75 bits per heavy atom. The predicted molar refractivity (Wildman–Crippen MR) is 58.6 cm³/mol. The van der Waals surface area contributed by atoms with Crippen LogP contribution in [-0.4, -0.2) is 23.3 Å². The van der Waals surface area contributed by atoms with E-state index >= 15 is 0 Å². The summed E-state index contributed by atoms with van der Waals surface area (Å²) in [6.45, 7) is 6.41. The van der Waals surface area contributed by atoms with Crippen LogP contribution in [0.2, 0.25) is 0 Å². The molecule has 5 atom stereocenters. The van der Waals surface area contributed by atoms with Crippen molar-refractivity contribution in [3.8, 4) is 0 Å². The molecule has 0 amide bonds. The molecule has 1 saturated heterocycles. The van der Waals surface area contributed by atoms with E-state index < -0.39 is 6.10 Å². The normalized spacial score (nSPS) is 54.6. The van der Waals surface area contributed by atoms with Gasteiger partial charge < -0.3 is 9.84 Å². The van der Waals surface area contributed by atoms with E-state index in [1.54, 1.807) is 0 Å². The third-order valence-corrected chi connectivity index (χ3v) is 5.58. The number of esters is 1. The lowest BCUT2D eigenvalue weighted by atomic mass is 9.45. The van der Waals surface area contributed by atoms with Crippen molar-refractivity contribution in [1.82, 2.24) is 0 Å². The Morgan fingerprint density at radius 1 is 1.44 bits per heavy atom. The number of carbonyl (C=O) groups is 1. The molecule has 1 N–H and O–H groups in total. The van der Waals surface area contributed by atoms with Gasteiger partial charge in [0, 0.05) is 5.41 Å². The molecule has 4 aliphatic rings. The number of aliphatic hydroxyl groups is 1. The number of fused-ring (bicyclic) bond motifs is 1. The molecule has 4 fully saturated rings. The van der Waals surface area contributed by atoms with Gasteiger partial charge in [-0.25, -0.2) is 0 Å². The molecule has 90 valence electrons. The van der Waals surface area contributed by atoms with Gasteiger partial charge in [-0.2, -0.15) is 0 Å². The van der Waals surface area contributed by atoms with Crippen LogP contribution in [0.25, 0.3) is 0 Å². The first kappa shape index (κ1) is 10.6. The Hall–Kier alpha value is -0.570. The maximum absolute atomic E-state index is 11.9. The quantitative estimate of drug-likeness (QED) is 0.690. The largest absolute Gasteiger partial charge is 0.459 e. The number of ether oxygens (including phenoxy) is 1. The molecule has 3 saturated carbocycles. The van der Waals surface area contributed by atoms with Crippen LogP contribution in [0.5, 0.6) is 0 Å². The summed E-state index contributed by atoms with van der Waals surface area (Å²) in [4.78, 5) is 11.9. The molecule has 0 radical (unpaired) electrons. The summed E-state index contributed by atoms with van der Waals surface area (Å²) in [5, 5.41) is 10.4. The highest BCUT2D eigenvalue weighted by Crippen LogP contribution is 2.66. The molecule has 4 rings (SSSR count). The lowest BCUT2D eigenvalue weighted by molar-refractivity contribution is -0.189. The van der Waals surface area contributed by atoms with Gasteiger partial charge in [0.2, 0.25) is 0 Å². The number of hydrogen-bond acceptors (Lipinski definition) is 3. The third-order valence-electron chi connectivity index (χ3n) is 5.58. The fourth-order valence-corrected chi connectivity index (χ4v) is 4.41. The summed E-state index contributed by atoms with van der Waals surface area (Å²) in [6.07, 6.45) is 2.14. The van der Waals surface area contributed by atoms with Crippen LogP contribution in [-0.2, 0) is 9.53 Å². The zero-order chi connectivity index (χ0) is 11.7. The van der Waals surface area contributed by atoms with Gasteiger partial charge in [0.15, 0.2) is 0 Å². The molecule has 0 aromatic heterocycles. The Bertz CT molecular complexity index is 351. The van der Waals surface area contributed by atoms with Crippen molar-refractivity contribution in [3.05, 3.63) is 0 Å². The van der Waals surface area contributed by atoms with Gasteiger partial charge in [-0.3, -0.25) is 4.79 Å². The summed E-state index contributed by atoms with van der Waals surface area (Å²) in [7, 11) is 0. The molecule has 3 aliphatic carbocycles. The van der Waals surface area contributed by atoms with Crippen molar-refractivity contribution < 1.29 is 14.6 Å². The second-order valence-electron chi connectivity index (χ2n) is 6.48. The molecule has 0 spiro atoms. The van der Waals surface area contributed by atoms with E-state index in [2.05, 4.69) is 20.8 Å². The second-order valence-corrected chi connectivity index (χ2v) is 6.48. The van der Waals surface area contributed by atoms with Gasteiger partial charge in [0.05, 0.1) is 12.0 Å². The van der Waals surface area contributed by atoms with Crippen LogP contribution in [0, 0.1) is 22.7 Å². The molecule has 1 aliphatic heterocycles. The van der Waals surface area contributed by atoms with E-state index in [0.29, 0.717) is 5.92 Å². The minimum absolute atomic E-state index is 0.0275. The van der Waals surface area contributed by atoms with E-state index in [0.717, 1.165) is 19.3 Å². The minimum atomic E-state index is -0.466. The first-order valence-corrected chi connectivity index (χ1v) is 6.30. The number of aliphatic hydroxyl groups excluding tert-OH is 1. The number of hydrogen-bond donors (Lipinski definition) is 1. The first-order valence-electron chi connectivity index (χ1n) is 6.30. The van der Waals surface area contributed by atoms with Gasteiger partial charge >= 0.3 is 5.97 Å². The standard InChI is InChI=1S/C13H20O3/c1-7(2)13-5-4-12(3)6-8(13)11(15)16-10(13)9(12)14/h7-10,14H,4-6H2,1-3H3. The van der Waals surface area contributed by atoms with E-state index in [1.165, 1.54) is 0 Å². The van der Waals surface area contributed by atoms with Crippen LogP contribution >= 0.6 is 0 Å². The summed E-state index contributed by atoms with van der Waals surface area (Å²) < 4.78 is 5.47. The van der Waals surface area contributed by atoms with Crippen LogP contribution in [0.3, 0.4) is 0 Å². The van der Waals surface area contributed by atoms with Crippen LogP contribution < -0.4 is 0 Å². The van der Waals surface area contributed by atoms with Crippen LogP contribution in [0.1, 0.15) is 40.0 Å². The van der Waals surface area contributed by atoms with Gasteiger partial charge in [-0.05, 0) is 30.6 Å². The van der Waals surface area contributed by atoms with Gasteiger partial charge in [-0.1, -0.05) is 20.8 Å². The van der Waals surface area contributed by atoms with Crippen molar-refractivity contribution in [3.63, 3.8) is 0 Å². The summed E-state index contributed by atoms with van der Waals surface area (Å²) in [6, 6.07) is 0. The van der Waals surface area contributed by atoms with Crippen molar-refractivity contribution in [1.29, 1.82) is 0 Å². The summed E-state index contributed by atoms with van der Waals surface area (Å²) >= 11 is 0. The van der Waals surface area contributed by atoms with E-state index in [1.807, 2.05) is 0 Å². The molecule has 4 bridgehead atoms. The molecular weight excluding hydrogens is 204 g/mol. The maximum Gasteiger partial charge on any atom is 0.310 e. The highest BCUT2D eigenvalue weighted by atomic mass is 16.6. The molecule has 16 heavy (non-hydrogen) atoms. The Morgan fingerprint density at radius 2 is 2.12 bits per heavy atom. The molecule has 5 unspecified atom stereocenters. The smallest absolute Gasteiger partial charge is 0.310 e. The second kappa shape index (κ2) is 2.81. The molecule has 0 aromatic carbocycles. The van der Waals surface area contributed by atoms with Crippen molar-refractivity contribution >= 4 is 5.97 Å². The van der Waals surface area contributed by atoms with Crippen molar-refractivity contribution in [2.75, 3.05) is 0 Å². The lowest BCUT2D eigenvalue weighted by Crippen LogP contribution is -2.62. The van der Waals surface area contributed by atoms with Crippen molar-refractivity contribution in [2.24, 2.45) is 22.7 Å². The Balaban J connectivity index is 2.12. The first-order chi connectivity index (χ1) is 7.42. The van der Waals surface area contributed by atoms with E-state index in [-0.39, 0.29) is 28.8 Å². The minimum Gasteiger partial charge on any atom is -0.459 e. The molecule has 3 heteroatoms. The maximum atomic E-state index is 11.9. The summed E-state index contributed by atoms with van der Waals surface area (Å²) in [5.74, 6) is 0.356. The third kappa shape index (κ3) is 0.922. The number of rotatable bonds is 1. The zero-order valence-corrected chi connectivity index (χ0v) is 10.2. The van der Waals surface area contributed by atoms with Gasteiger partial charge in [0.1, 0.15) is 6.10 Å². The molecule has 3 nitrogen and oxygen atoms in total. The summed E-state index contributed by atoms with van der Waals surface area (Å²) in [5.41, 5.74) is -0.188.